The van der Waals surface area contributed by atoms with Crippen molar-refractivity contribution in [3.63, 3.8) is 0 Å². The predicted octanol–water partition coefficient (Wildman–Crippen LogP) is 5.28. The SMILES string of the molecule is CCCCCCCCCCCCc1ccc2c(c1)C(=O)C(=O)N2. The summed E-state index contributed by atoms with van der Waals surface area (Å²) in [5, 5.41) is 2.59. The molecule has 0 unspecified atom stereocenters. The first-order valence-electron chi connectivity index (χ1n) is 9.21. The van der Waals surface area contributed by atoms with E-state index >= 15 is 0 Å². The van der Waals surface area contributed by atoms with E-state index in [1.54, 1.807) is 0 Å². The van der Waals surface area contributed by atoms with Crippen molar-refractivity contribution >= 4 is 17.4 Å². The summed E-state index contributed by atoms with van der Waals surface area (Å²) in [7, 11) is 0. The second kappa shape index (κ2) is 9.49. The van der Waals surface area contributed by atoms with Crippen LogP contribution in [0.2, 0.25) is 0 Å². The molecule has 1 aliphatic rings. The molecule has 23 heavy (non-hydrogen) atoms. The van der Waals surface area contributed by atoms with Gasteiger partial charge in [0, 0.05) is 0 Å². The summed E-state index contributed by atoms with van der Waals surface area (Å²) in [6.45, 7) is 2.26. The molecule has 0 aliphatic carbocycles. The smallest absolute Gasteiger partial charge is 0.296 e. The van der Waals surface area contributed by atoms with E-state index in [1.165, 1.54) is 57.8 Å². The van der Waals surface area contributed by atoms with E-state index in [0.29, 0.717) is 11.3 Å². The van der Waals surface area contributed by atoms with Crippen LogP contribution in [0.25, 0.3) is 0 Å². The maximum atomic E-state index is 11.7. The van der Waals surface area contributed by atoms with E-state index in [4.69, 9.17) is 0 Å². The van der Waals surface area contributed by atoms with Gasteiger partial charge in [0.1, 0.15) is 0 Å². The van der Waals surface area contributed by atoms with Crippen LogP contribution in [0.3, 0.4) is 0 Å². The van der Waals surface area contributed by atoms with Crippen molar-refractivity contribution < 1.29 is 9.59 Å². The number of aryl methyl sites for hydroxylation is 1. The van der Waals surface area contributed by atoms with Crippen molar-refractivity contribution in [2.75, 3.05) is 5.32 Å². The largest absolute Gasteiger partial charge is 0.318 e. The molecule has 3 nitrogen and oxygen atoms in total. The van der Waals surface area contributed by atoms with Gasteiger partial charge >= 0.3 is 0 Å². The lowest BCUT2D eigenvalue weighted by molar-refractivity contribution is -0.112. The number of nitrogens with one attached hydrogen (secondary N) is 1. The van der Waals surface area contributed by atoms with Crippen LogP contribution in [-0.2, 0) is 11.2 Å². The number of benzene rings is 1. The number of carbonyl (C=O) groups is 2. The lowest BCUT2D eigenvalue weighted by Gasteiger charge is -2.04. The van der Waals surface area contributed by atoms with E-state index in [2.05, 4.69) is 12.2 Å². The molecule has 126 valence electrons. The summed E-state index contributed by atoms with van der Waals surface area (Å²) in [6.07, 6.45) is 14.3. The summed E-state index contributed by atoms with van der Waals surface area (Å²) in [6, 6.07) is 5.75. The third-order valence-electron chi connectivity index (χ3n) is 4.60. The summed E-state index contributed by atoms with van der Waals surface area (Å²) < 4.78 is 0. The van der Waals surface area contributed by atoms with Crippen molar-refractivity contribution in [3.8, 4) is 0 Å². The van der Waals surface area contributed by atoms with Gasteiger partial charge in [-0.05, 0) is 30.5 Å². The molecule has 1 aromatic rings. The number of carbonyl (C=O) groups excluding carboxylic acids is 2. The number of rotatable bonds is 11. The summed E-state index contributed by atoms with van der Waals surface area (Å²) in [5.74, 6) is -0.902. The molecule has 1 N–H and O–H groups in total. The van der Waals surface area contributed by atoms with Gasteiger partial charge in [-0.3, -0.25) is 9.59 Å². The molecule has 0 fully saturated rings. The fourth-order valence-corrected chi connectivity index (χ4v) is 3.16. The first-order chi connectivity index (χ1) is 11.2. The third-order valence-corrected chi connectivity index (χ3v) is 4.60. The van der Waals surface area contributed by atoms with Gasteiger partial charge in [0.2, 0.25) is 0 Å². The molecule has 0 atom stereocenters. The highest BCUT2D eigenvalue weighted by atomic mass is 16.2. The normalized spacial score (nSPS) is 13.3. The number of fused-ring (bicyclic) bond motifs is 1. The van der Waals surface area contributed by atoms with E-state index in [0.717, 1.165) is 18.4 Å². The minimum atomic E-state index is -0.504. The Kier molecular flexibility index (Phi) is 7.31. The highest BCUT2D eigenvalue weighted by Crippen LogP contribution is 2.24. The molecular weight excluding hydrogens is 286 g/mol. The maximum absolute atomic E-state index is 11.7. The number of Topliss-reactive ketones (excluding diaryl/α,β-unsaturated/α-hetero) is 1. The summed E-state index contributed by atoms with van der Waals surface area (Å²) in [4.78, 5) is 23.0. The zero-order valence-electron chi connectivity index (χ0n) is 14.3. The van der Waals surface area contributed by atoms with Crippen LogP contribution < -0.4 is 5.32 Å². The molecule has 1 heterocycles. The second-order valence-corrected chi connectivity index (χ2v) is 6.60. The molecule has 0 aromatic heterocycles. The first-order valence-corrected chi connectivity index (χ1v) is 9.21. The van der Waals surface area contributed by atoms with Gasteiger partial charge in [-0.25, -0.2) is 0 Å². The van der Waals surface area contributed by atoms with Crippen LogP contribution in [0.5, 0.6) is 0 Å². The van der Waals surface area contributed by atoms with Gasteiger partial charge in [-0.15, -0.1) is 0 Å². The lowest BCUT2D eigenvalue weighted by atomic mass is 10.0. The van der Waals surface area contributed by atoms with Gasteiger partial charge in [0.15, 0.2) is 0 Å². The Labute approximate surface area is 139 Å². The topological polar surface area (TPSA) is 46.2 Å². The Morgan fingerprint density at radius 2 is 1.43 bits per heavy atom. The fraction of sp³-hybridized carbons (Fsp3) is 0.600. The highest BCUT2D eigenvalue weighted by Gasteiger charge is 2.27. The van der Waals surface area contributed by atoms with E-state index in [1.807, 2.05) is 18.2 Å². The Morgan fingerprint density at radius 1 is 0.826 bits per heavy atom. The molecule has 3 heteroatoms. The maximum Gasteiger partial charge on any atom is 0.296 e. The Bertz CT molecular complexity index is 536. The molecule has 0 spiro atoms. The van der Waals surface area contributed by atoms with Crippen molar-refractivity contribution in [2.24, 2.45) is 0 Å². The van der Waals surface area contributed by atoms with Crippen LogP contribution in [0.15, 0.2) is 18.2 Å². The molecule has 0 bridgehead atoms. The minimum absolute atomic E-state index is 0.398. The standard InChI is InChI=1S/C20H29NO2/c1-2-3-4-5-6-7-8-9-10-11-12-16-13-14-18-17(15-16)19(22)20(23)21-18/h13-15H,2-12H2,1H3,(H,21,22,23). The minimum Gasteiger partial charge on any atom is -0.318 e. The van der Waals surface area contributed by atoms with E-state index < -0.39 is 11.7 Å². The van der Waals surface area contributed by atoms with Crippen molar-refractivity contribution in [1.29, 1.82) is 0 Å². The molecule has 0 radical (unpaired) electrons. The van der Waals surface area contributed by atoms with Crippen LogP contribution in [0.1, 0.15) is 87.1 Å². The molecule has 0 saturated heterocycles. The number of amides is 1. The monoisotopic (exact) mass is 315 g/mol. The first kappa shape index (κ1) is 17.7. The van der Waals surface area contributed by atoms with E-state index in [9.17, 15) is 9.59 Å². The van der Waals surface area contributed by atoms with Crippen molar-refractivity contribution in [2.45, 2.75) is 77.6 Å². The van der Waals surface area contributed by atoms with Crippen LogP contribution in [0, 0.1) is 0 Å². The Morgan fingerprint density at radius 3 is 2.09 bits per heavy atom. The van der Waals surface area contributed by atoms with Crippen molar-refractivity contribution in [1.82, 2.24) is 0 Å². The summed E-state index contributed by atoms with van der Waals surface area (Å²) >= 11 is 0. The fourth-order valence-electron chi connectivity index (χ4n) is 3.16. The number of hydrogen-bond acceptors (Lipinski definition) is 2. The third kappa shape index (κ3) is 5.49. The molecule has 0 saturated carbocycles. The highest BCUT2D eigenvalue weighted by molar-refractivity contribution is 6.51. The van der Waals surface area contributed by atoms with Gasteiger partial charge < -0.3 is 5.32 Å². The predicted molar refractivity (Wildman–Crippen MR) is 95.0 cm³/mol. The van der Waals surface area contributed by atoms with Gasteiger partial charge in [0.05, 0.1) is 11.3 Å². The molecule has 1 aromatic carbocycles. The Balaban J connectivity index is 1.57. The number of ketones is 1. The van der Waals surface area contributed by atoms with Gasteiger partial charge in [0.25, 0.3) is 11.7 Å². The molecule has 2 rings (SSSR count). The second-order valence-electron chi connectivity index (χ2n) is 6.60. The zero-order valence-corrected chi connectivity index (χ0v) is 14.3. The van der Waals surface area contributed by atoms with Gasteiger partial charge in [-0.2, -0.15) is 0 Å². The number of unbranched alkanes of at least 4 members (excludes halogenated alkanes) is 9. The van der Waals surface area contributed by atoms with E-state index in [-0.39, 0.29) is 0 Å². The average molecular weight is 315 g/mol. The van der Waals surface area contributed by atoms with Crippen molar-refractivity contribution in [3.05, 3.63) is 29.3 Å². The average Bonchev–Trinajstić information content (AvgIpc) is 2.84. The molecule has 1 amide bonds. The molecular formula is C20H29NO2. The quantitative estimate of drug-likeness (QED) is 0.446. The number of hydrogen-bond donors (Lipinski definition) is 1. The van der Waals surface area contributed by atoms with Crippen LogP contribution >= 0.6 is 0 Å². The van der Waals surface area contributed by atoms with Gasteiger partial charge in [-0.1, -0.05) is 70.8 Å². The molecule has 1 aliphatic heterocycles. The Hall–Kier alpha value is -1.64. The summed E-state index contributed by atoms with van der Waals surface area (Å²) in [5.41, 5.74) is 2.36. The zero-order chi connectivity index (χ0) is 16.5. The lowest BCUT2D eigenvalue weighted by Crippen LogP contribution is -2.12. The van der Waals surface area contributed by atoms with Crippen LogP contribution in [-0.4, -0.2) is 11.7 Å². The number of anilines is 1. The van der Waals surface area contributed by atoms with Crippen LogP contribution in [0.4, 0.5) is 5.69 Å².